The fraction of sp³-hybridized carbons (Fsp3) is 0.250. The number of carbonyl (C=O) groups excluding carboxylic acids is 1. The van der Waals surface area contributed by atoms with Crippen LogP contribution < -0.4 is 0 Å². The van der Waals surface area contributed by atoms with Gasteiger partial charge in [-0.1, -0.05) is 12.2 Å². The summed E-state index contributed by atoms with van der Waals surface area (Å²) >= 11 is 0. The maximum absolute atomic E-state index is 10.5. The summed E-state index contributed by atoms with van der Waals surface area (Å²) in [6.07, 6.45) is 5.87. The quantitative estimate of drug-likeness (QED) is 0.267. The Hall–Kier alpha value is -1.32. The Morgan fingerprint density at radius 1 is 1.50 bits per heavy atom. The molecule has 0 unspecified atom stereocenters. The lowest BCUT2D eigenvalue weighted by molar-refractivity contribution is -0.134. The average Bonchev–Trinajstić information content (AvgIpc) is 2.04. The van der Waals surface area contributed by atoms with Gasteiger partial charge in [0.2, 0.25) is 0 Å². The van der Waals surface area contributed by atoms with Crippen molar-refractivity contribution < 1.29 is 9.53 Å². The first-order chi connectivity index (χ1) is 5.70. The van der Waals surface area contributed by atoms with Gasteiger partial charge < -0.3 is 4.74 Å². The molecular weight excluding hydrogens is 153 g/mol. The highest BCUT2D eigenvalue weighted by Gasteiger charge is 1.87. The molecule has 0 amide bonds. The number of methoxy groups -OCH3 is 1. The molecule has 0 aliphatic heterocycles. The minimum atomic E-state index is -0.452. The van der Waals surface area contributed by atoms with Crippen LogP contribution in [-0.4, -0.2) is 26.5 Å². The summed E-state index contributed by atoms with van der Waals surface area (Å²) in [5, 5.41) is 0. The Bertz CT molecular complexity index is 231. The molecule has 0 saturated carbocycles. The molecule has 4 heteroatoms. The van der Waals surface area contributed by atoms with E-state index in [2.05, 4.69) is 9.73 Å². The second kappa shape index (κ2) is 6.40. The van der Waals surface area contributed by atoms with Crippen molar-refractivity contribution >= 4 is 19.4 Å². The van der Waals surface area contributed by atoms with Crippen LogP contribution in [0.15, 0.2) is 29.4 Å². The highest BCUT2D eigenvalue weighted by molar-refractivity contribution is 6.63. The van der Waals surface area contributed by atoms with E-state index in [1.165, 1.54) is 19.4 Å². The van der Waals surface area contributed by atoms with Gasteiger partial charge in [0.1, 0.15) is 7.85 Å². The fourth-order valence-corrected chi connectivity index (χ4v) is 0.466. The molecule has 0 saturated heterocycles. The number of rotatable bonds is 3. The molecule has 0 bridgehead atoms. The van der Waals surface area contributed by atoms with Crippen LogP contribution in [0, 0.1) is 0 Å². The number of allylic oxidation sites excluding steroid dienone is 2. The Balaban J connectivity index is 4.02. The second-order valence-corrected chi connectivity index (χ2v) is 1.89. The molecule has 3 nitrogen and oxygen atoms in total. The summed E-state index contributed by atoms with van der Waals surface area (Å²) < 4.78 is 4.34. The first-order valence-electron chi connectivity index (χ1n) is 3.41. The molecule has 0 aromatic rings. The van der Waals surface area contributed by atoms with Crippen LogP contribution in [0.4, 0.5) is 0 Å². The SMILES string of the molecule is [B]C(/C=C\C)=N/C=C/C(=O)OC. The van der Waals surface area contributed by atoms with Gasteiger partial charge in [-0.25, -0.2) is 4.79 Å². The number of nitrogens with zero attached hydrogens (tertiary/aromatic N) is 1. The minimum Gasteiger partial charge on any atom is -0.466 e. The first-order valence-corrected chi connectivity index (χ1v) is 3.41. The van der Waals surface area contributed by atoms with E-state index in [9.17, 15) is 4.79 Å². The summed E-state index contributed by atoms with van der Waals surface area (Å²) in [7, 11) is 6.67. The van der Waals surface area contributed by atoms with Gasteiger partial charge in [0.25, 0.3) is 0 Å². The fourth-order valence-electron chi connectivity index (χ4n) is 0.466. The van der Waals surface area contributed by atoms with Gasteiger partial charge in [-0.3, -0.25) is 4.99 Å². The number of esters is 1. The van der Waals surface area contributed by atoms with Crippen LogP contribution in [0.1, 0.15) is 6.92 Å². The zero-order chi connectivity index (χ0) is 9.40. The van der Waals surface area contributed by atoms with E-state index in [0.717, 1.165) is 0 Å². The van der Waals surface area contributed by atoms with Crippen LogP contribution in [0.25, 0.3) is 0 Å². The van der Waals surface area contributed by atoms with Gasteiger partial charge in [-0.05, 0) is 12.5 Å². The molecule has 0 heterocycles. The van der Waals surface area contributed by atoms with Crippen molar-refractivity contribution in [2.24, 2.45) is 4.99 Å². The lowest BCUT2D eigenvalue weighted by atomic mass is 10.0. The molecule has 0 aromatic heterocycles. The summed E-state index contributed by atoms with van der Waals surface area (Å²) in [6, 6.07) is 0. The van der Waals surface area contributed by atoms with Crippen LogP contribution >= 0.6 is 0 Å². The molecule has 2 radical (unpaired) electrons. The smallest absolute Gasteiger partial charge is 0.332 e. The molecule has 0 fully saturated rings. The Kier molecular flexibility index (Phi) is 5.70. The summed E-state index contributed by atoms with van der Waals surface area (Å²) in [6.45, 7) is 1.83. The van der Waals surface area contributed by atoms with Crippen molar-refractivity contribution in [1.29, 1.82) is 0 Å². The van der Waals surface area contributed by atoms with E-state index in [1.807, 2.05) is 6.92 Å². The van der Waals surface area contributed by atoms with E-state index in [1.54, 1.807) is 12.2 Å². The zero-order valence-electron chi connectivity index (χ0n) is 7.15. The molecule has 0 spiro atoms. The summed E-state index contributed by atoms with van der Waals surface area (Å²) in [4.78, 5) is 14.2. The van der Waals surface area contributed by atoms with Crippen LogP contribution in [0.3, 0.4) is 0 Å². The van der Waals surface area contributed by atoms with Crippen molar-refractivity contribution in [3.63, 3.8) is 0 Å². The summed E-state index contributed by atoms with van der Waals surface area (Å²) in [5.41, 5.74) is 0.345. The second-order valence-electron chi connectivity index (χ2n) is 1.89. The van der Waals surface area contributed by atoms with Gasteiger partial charge in [0, 0.05) is 12.3 Å². The summed E-state index contributed by atoms with van der Waals surface area (Å²) in [5.74, 6) is -0.452. The molecule has 0 aromatic carbocycles. The normalized spacial score (nSPS) is 12.7. The average molecular weight is 163 g/mol. The van der Waals surface area contributed by atoms with Gasteiger partial charge in [0.05, 0.1) is 7.11 Å². The van der Waals surface area contributed by atoms with Crippen molar-refractivity contribution in [1.82, 2.24) is 0 Å². The van der Waals surface area contributed by atoms with E-state index in [0.29, 0.717) is 5.61 Å². The minimum absolute atomic E-state index is 0.345. The van der Waals surface area contributed by atoms with Crippen molar-refractivity contribution in [2.45, 2.75) is 6.92 Å². The topological polar surface area (TPSA) is 38.7 Å². The third-order valence-corrected chi connectivity index (χ3v) is 0.973. The van der Waals surface area contributed by atoms with Gasteiger partial charge in [-0.15, -0.1) is 0 Å². The molecule has 62 valence electrons. The molecule has 0 aliphatic carbocycles. The lowest BCUT2D eigenvalue weighted by Gasteiger charge is -1.88. The predicted octanol–water partition coefficient (Wildman–Crippen LogP) is 0.816. The standard InChI is InChI=1S/C8H10BNO2/c1-3-4-7(9)10-6-5-8(11)12-2/h3-6H,1-2H3/b4-3-,6-5+,10-7+. The van der Waals surface area contributed by atoms with Crippen LogP contribution in [0.5, 0.6) is 0 Å². The first kappa shape index (κ1) is 10.7. The Labute approximate surface area is 73.2 Å². The van der Waals surface area contributed by atoms with E-state index < -0.39 is 5.97 Å². The number of carbonyl (C=O) groups is 1. The van der Waals surface area contributed by atoms with E-state index >= 15 is 0 Å². The highest BCUT2D eigenvalue weighted by Crippen LogP contribution is 1.82. The third-order valence-electron chi connectivity index (χ3n) is 0.973. The maximum Gasteiger partial charge on any atom is 0.332 e. The van der Waals surface area contributed by atoms with Gasteiger partial charge in [0.15, 0.2) is 0 Å². The van der Waals surface area contributed by atoms with Crippen LogP contribution in [0.2, 0.25) is 0 Å². The van der Waals surface area contributed by atoms with E-state index in [-0.39, 0.29) is 0 Å². The predicted molar refractivity (Wildman–Crippen MR) is 49.2 cm³/mol. The van der Waals surface area contributed by atoms with Gasteiger partial charge >= 0.3 is 5.97 Å². The molecular formula is C8H10BNO2. The molecule has 12 heavy (non-hydrogen) atoms. The zero-order valence-corrected chi connectivity index (χ0v) is 7.15. The van der Waals surface area contributed by atoms with Crippen LogP contribution in [-0.2, 0) is 9.53 Å². The highest BCUT2D eigenvalue weighted by atomic mass is 16.5. The molecule has 0 N–H and O–H groups in total. The Morgan fingerprint density at radius 3 is 2.67 bits per heavy atom. The Morgan fingerprint density at radius 2 is 2.17 bits per heavy atom. The maximum atomic E-state index is 10.5. The molecule has 0 rings (SSSR count). The molecule has 0 aliphatic rings. The van der Waals surface area contributed by atoms with Gasteiger partial charge in [-0.2, -0.15) is 0 Å². The monoisotopic (exact) mass is 163 g/mol. The van der Waals surface area contributed by atoms with Crippen molar-refractivity contribution in [3.8, 4) is 0 Å². The molecule has 0 atom stereocenters. The number of ether oxygens (including phenoxy) is 1. The largest absolute Gasteiger partial charge is 0.466 e. The lowest BCUT2D eigenvalue weighted by Crippen LogP contribution is -1.94. The van der Waals surface area contributed by atoms with Crippen molar-refractivity contribution in [2.75, 3.05) is 7.11 Å². The third kappa shape index (κ3) is 5.47. The number of aliphatic imine (C=N–C) groups is 1. The van der Waals surface area contributed by atoms with E-state index in [4.69, 9.17) is 7.85 Å². The van der Waals surface area contributed by atoms with Crippen molar-refractivity contribution in [3.05, 3.63) is 24.4 Å². The number of hydrogen-bond donors (Lipinski definition) is 0. The number of hydrogen-bond acceptors (Lipinski definition) is 3.